The fraction of sp³-hybridized carbons (Fsp3) is 0.385. The normalized spacial score (nSPS) is 16.5. The van der Waals surface area contributed by atoms with Gasteiger partial charge in [0.15, 0.2) is 0 Å². The number of carboxylic acids is 1. The van der Waals surface area contributed by atoms with Crippen LogP contribution < -0.4 is 10.7 Å². The molecule has 0 unspecified atom stereocenters. The van der Waals surface area contributed by atoms with Crippen molar-refractivity contribution >= 4 is 29.3 Å². The molecule has 0 aliphatic carbocycles. The third kappa shape index (κ3) is 4.59. The van der Waals surface area contributed by atoms with E-state index in [-0.39, 0.29) is 10.6 Å². The van der Waals surface area contributed by atoms with Crippen molar-refractivity contribution in [1.82, 2.24) is 15.3 Å². The molecule has 114 valence electrons. The SMILES string of the molecule is CN1CCN(NC(=O)Nc2cc(Cl)cc(C(=O)O)c2)CC1. The van der Waals surface area contributed by atoms with E-state index in [1.165, 1.54) is 18.2 Å². The number of nitrogens with zero attached hydrogens (tertiary/aromatic N) is 2. The third-order valence-corrected chi connectivity index (χ3v) is 3.38. The average Bonchev–Trinajstić information content (AvgIpc) is 2.40. The Morgan fingerprint density at radius 1 is 1.19 bits per heavy atom. The van der Waals surface area contributed by atoms with Crippen molar-refractivity contribution in [3.63, 3.8) is 0 Å². The van der Waals surface area contributed by atoms with Gasteiger partial charge in [-0.1, -0.05) is 11.6 Å². The summed E-state index contributed by atoms with van der Waals surface area (Å²) in [6.07, 6.45) is 0. The Morgan fingerprint density at radius 2 is 1.86 bits per heavy atom. The van der Waals surface area contributed by atoms with Crippen molar-refractivity contribution in [3.8, 4) is 0 Å². The molecule has 0 bridgehead atoms. The van der Waals surface area contributed by atoms with Crippen molar-refractivity contribution in [2.45, 2.75) is 0 Å². The zero-order valence-electron chi connectivity index (χ0n) is 11.6. The van der Waals surface area contributed by atoms with Gasteiger partial charge in [-0.2, -0.15) is 0 Å². The van der Waals surface area contributed by atoms with Gasteiger partial charge in [-0.3, -0.25) is 5.43 Å². The third-order valence-electron chi connectivity index (χ3n) is 3.17. The van der Waals surface area contributed by atoms with E-state index >= 15 is 0 Å². The molecule has 8 heteroatoms. The quantitative estimate of drug-likeness (QED) is 0.784. The van der Waals surface area contributed by atoms with Crippen molar-refractivity contribution < 1.29 is 14.7 Å². The molecule has 7 nitrogen and oxygen atoms in total. The second kappa shape index (κ2) is 6.75. The van der Waals surface area contributed by atoms with Crippen LogP contribution in [0.3, 0.4) is 0 Å². The number of aromatic carboxylic acids is 1. The van der Waals surface area contributed by atoms with E-state index < -0.39 is 12.0 Å². The number of carboxylic acid groups (broad SMARTS) is 1. The first-order chi connectivity index (χ1) is 9.94. The number of urea groups is 1. The number of carbonyl (C=O) groups excluding carboxylic acids is 1. The molecule has 1 fully saturated rings. The minimum absolute atomic E-state index is 0.0254. The number of hydrogen-bond acceptors (Lipinski definition) is 4. The predicted molar refractivity (Wildman–Crippen MR) is 79.6 cm³/mol. The summed E-state index contributed by atoms with van der Waals surface area (Å²) in [7, 11) is 2.02. The highest BCUT2D eigenvalue weighted by Crippen LogP contribution is 2.19. The smallest absolute Gasteiger partial charge is 0.335 e. The Bertz CT molecular complexity index is 544. The second-order valence-electron chi connectivity index (χ2n) is 4.89. The molecule has 0 radical (unpaired) electrons. The molecule has 1 saturated heterocycles. The van der Waals surface area contributed by atoms with Crippen LogP contribution in [0.15, 0.2) is 18.2 Å². The number of hydrogen-bond donors (Lipinski definition) is 3. The van der Waals surface area contributed by atoms with Crippen molar-refractivity contribution in [2.75, 3.05) is 38.5 Å². The number of halogens is 1. The van der Waals surface area contributed by atoms with Gasteiger partial charge in [0.25, 0.3) is 0 Å². The zero-order chi connectivity index (χ0) is 15.4. The molecule has 0 saturated carbocycles. The first-order valence-corrected chi connectivity index (χ1v) is 6.87. The van der Waals surface area contributed by atoms with E-state index in [9.17, 15) is 9.59 Å². The lowest BCUT2D eigenvalue weighted by molar-refractivity contribution is 0.0697. The molecule has 3 N–H and O–H groups in total. The zero-order valence-corrected chi connectivity index (χ0v) is 12.4. The Hall–Kier alpha value is -1.83. The van der Waals surface area contributed by atoms with Crippen LogP contribution >= 0.6 is 11.6 Å². The van der Waals surface area contributed by atoms with E-state index in [1.54, 1.807) is 0 Å². The van der Waals surface area contributed by atoms with E-state index in [0.29, 0.717) is 5.69 Å². The molecule has 1 aromatic rings. The van der Waals surface area contributed by atoms with Crippen molar-refractivity contribution in [2.24, 2.45) is 0 Å². The molecule has 2 amide bonds. The summed E-state index contributed by atoms with van der Waals surface area (Å²) in [6.45, 7) is 3.22. The lowest BCUT2D eigenvalue weighted by Crippen LogP contribution is -2.53. The molecule has 0 atom stereocenters. The Morgan fingerprint density at radius 3 is 2.48 bits per heavy atom. The number of rotatable bonds is 3. The molecule has 1 heterocycles. The number of likely N-dealkylation sites (N-methyl/N-ethyl adjacent to an activating group) is 1. The maximum Gasteiger partial charge on any atom is 0.335 e. The molecule has 1 aliphatic heterocycles. The van der Waals surface area contributed by atoms with E-state index in [1.807, 2.05) is 12.1 Å². The molecule has 0 aromatic heterocycles. The Labute approximate surface area is 127 Å². The standard InChI is InChI=1S/C13H17ClN4O3/c1-17-2-4-18(5-3-17)16-13(21)15-11-7-9(12(19)20)6-10(14)8-11/h6-8H,2-5H2,1H3,(H,19,20)(H2,15,16,21). The van der Waals surface area contributed by atoms with Crippen LogP contribution in [0.25, 0.3) is 0 Å². The summed E-state index contributed by atoms with van der Waals surface area (Å²) in [4.78, 5) is 25.0. The minimum atomic E-state index is -1.10. The second-order valence-corrected chi connectivity index (χ2v) is 5.33. The van der Waals surface area contributed by atoms with E-state index in [4.69, 9.17) is 16.7 Å². The summed E-state index contributed by atoms with van der Waals surface area (Å²) in [6, 6.07) is 3.76. The average molecular weight is 313 g/mol. The topological polar surface area (TPSA) is 84.9 Å². The molecule has 2 rings (SSSR count). The lowest BCUT2D eigenvalue weighted by Gasteiger charge is -2.32. The number of piperazine rings is 1. The molecule has 1 aromatic carbocycles. The van der Waals surface area contributed by atoms with Crippen LogP contribution in [0.1, 0.15) is 10.4 Å². The van der Waals surface area contributed by atoms with Crippen LogP contribution in [-0.4, -0.2) is 60.2 Å². The van der Waals surface area contributed by atoms with Crippen LogP contribution in [0.4, 0.5) is 10.5 Å². The van der Waals surface area contributed by atoms with Gasteiger partial charge in [0.05, 0.1) is 5.56 Å². The van der Waals surface area contributed by atoms with Crippen LogP contribution in [-0.2, 0) is 0 Å². The van der Waals surface area contributed by atoms with Crippen LogP contribution in [0.2, 0.25) is 5.02 Å². The summed E-state index contributed by atoms with van der Waals surface area (Å²) in [5, 5.41) is 13.6. The Kier molecular flexibility index (Phi) is 5.00. The van der Waals surface area contributed by atoms with Gasteiger partial charge < -0.3 is 15.3 Å². The van der Waals surface area contributed by atoms with Gasteiger partial charge in [-0.15, -0.1) is 0 Å². The van der Waals surface area contributed by atoms with Gasteiger partial charge in [0.1, 0.15) is 0 Å². The maximum atomic E-state index is 11.9. The van der Waals surface area contributed by atoms with Gasteiger partial charge in [0, 0.05) is 36.9 Å². The predicted octanol–water partition coefficient (Wildman–Crippen LogP) is 1.32. The molecule has 0 spiro atoms. The monoisotopic (exact) mass is 312 g/mol. The Balaban J connectivity index is 1.95. The van der Waals surface area contributed by atoms with Gasteiger partial charge in [-0.25, -0.2) is 14.6 Å². The number of nitrogens with one attached hydrogen (secondary N) is 2. The van der Waals surface area contributed by atoms with Gasteiger partial charge in [0.2, 0.25) is 0 Å². The molecule has 21 heavy (non-hydrogen) atoms. The maximum absolute atomic E-state index is 11.9. The summed E-state index contributed by atoms with van der Waals surface area (Å²) >= 11 is 5.83. The van der Waals surface area contributed by atoms with Gasteiger partial charge in [-0.05, 0) is 25.2 Å². The van der Waals surface area contributed by atoms with Crippen LogP contribution in [0.5, 0.6) is 0 Å². The van der Waals surface area contributed by atoms with Crippen molar-refractivity contribution in [1.29, 1.82) is 0 Å². The van der Waals surface area contributed by atoms with E-state index in [0.717, 1.165) is 26.2 Å². The summed E-state index contributed by atoms with van der Waals surface area (Å²) in [5.74, 6) is -1.10. The molecular weight excluding hydrogens is 296 g/mol. The minimum Gasteiger partial charge on any atom is -0.478 e. The summed E-state index contributed by atoms with van der Waals surface area (Å²) in [5.41, 5.74) is 3.09. The number of amides is 2. The number of carbonyl (C=O) groups is 2. The first kappa shape index (κ1) is 15.6. The van der Waals surface area contributed by atoms with Crippen molar-refractivity contribution in [3.05, 3.63) is 28.8 Å². The fourth-order valence-electron chi connectivity index (χ4n) is 2.01. The number of anilines is 1. The number of hydrazine groups is 1. The highest BCUT2D eigenvalue weighted by molar-refractivity contribution is 6.31. The molecule has 1 aliphatic rings. The van der Waals surface area contributed by atoms with Gasteiger partial charge >= 0.3 is 12.0 Å². The van der Waals surface area contributed by atoms with E-state index in [2.05, 4.69) is 15.6 Å². The highest BCUT2D eigenvalue weighted by atomic mass is 35.5. The summed E-state index contributed by atoms with van der Waals surface area (Å²) < 4.78 is 0. The first-order valence-electron chi connectivity index (χ1n) is 6.49. The largest absolute Gasteiger partial charge is 0.478 e. The van der Waals surface area contributed by atoms with Crippen LogP contribution in [0, 0.1) is 0 Å². The molecular formula is C13H17ClN4O3. The lowest BCUT2D eigenvalue weighted by atomic mass is 10.2. The fourth-order valence-corrected chi connectivity index (χ4v) is 2.24. The number of benzene rings is 1. The highest BCUT2D eigenvalue weighted by Gasteiger charge is 2.16.